The summed E-state index contributed by atoms with van der Waals surface area (Å²) in [6.07, 6.45) is -3.99. The van der Waals surface area contributed by atoms with Gasteiger partial charge in [-0.15, -0.1) is 0 Å². The van der Waals surface area contributed by atoms with E-state index in [1.165, 1.54) is 6.07 Å². The van der Waals surface area contributed by atoms with Crippen LogP contribution in [0.4, 0.5) is 28.9 Å². The molecule has 1 aliphatic rings. The van der Waals surface area contributed by atoms with Gasteiger partial charge >= 0.3 is 12.1 Å². The Morgan fingerprint density at radius 1 is 1.06 bits per heavy atom. The third kappa shape index (κ3) is 8.32. The van der Waals surface area contributed by atoms with E-state index in [-0.39, 0.29) is 11.7 Å². The van der Waals surface area contributed by atoms with Gasteiger partial charge in [0.05, 0.1) is 0 Å². The summed E-state index contributed by atoms with van der Waals surface area (Å²) in [5.74, 6) is -3.33. The van der Waals surface area contributed by atoms with Crippen LogP contribution in [0.15, 0.2) is 40.9 Å². The summed E-state index contributed by atoms with van der Waals surface area (Å²) in [7, 11) is 2.13. The maximum absolute atomic E-state index is 13.7. The fourth-order valence-corrected chi connectivity index (χ4v) is 3.55. The Kier molecular flexibility index (Phi) is 9.24. The molecule has 2 aromatic rings. The van der Waals surface area contributed by atoms with E-state index in [1.807, 2.05) is 12.1 Å². The van der Waals surface area contributed by atoms with Gasteiger partial charge in [-0.05, 0) is 62.8 Å². The third-order valence-corrected chi connectivity index (χ3v) is 5.36. The largest absolute Gasteiger partial charge is 0.490 e. The first kappa shape index (κ1) is 26.6. The van der Waals surface area contributed by atoms with E-state index in [0.29, 0.717) is 16.8 Å². The van der Waals surface area contributed by atoms with Gasteiger partial charge in [0, 0.05) is 41.0 Å². The second kappa shape index (κ2) is 11.5. The Bertz CT molecular complexity index is 1000. The van der Waals surface area contributed by atoms with Crippen molar-refractivity contribution in [2.24, 2.45) is 0 Å². The first-order valence-electron chi connectivity index (χ1n) is 9.98. The fraction of sp³-hybridized carbons (Fsp3) is 0.364. The Balaban J connectivity index is 0.000000479. The molecule has 6 nitrogen and oxygen atoms in total. The molecule has 0 unspecified atom stereocenters. The van der Waals surface area contributed by atoms with Crippen molar-refractivity contribution in [3.8, 4) is 0 Å². The molecule has 0 saturated carbocycles. The summed E-state index contributed by atoms with van der Waals surface area (Å²) in [6, 6.07) is 10.4. The van der Waals surface area contributed by atoms with Crippen LogP contribution in [0.5, 0.6) is 0 Å². The highest BCUT2D eigenvalue weighted by atomic mass is 79.9. The van der Waals surface area contributed by atoms with Crippen molar-refractivity contribution < 1.29 is 32.3 Å². The van der Waals surface area contributed by atoms with Crippen molar-refractivity contribution in [2.45, 2.75) is 19.5 Å². The topological polar surface area (TPSA) is 72.9 Å². The van der Waals surface area contributed by atoms with E-state index < -0.39 is 12.1 Å². The third-order valence-electron chi connectivity index (χ3n) is 4.90. The van der Waals surface area contributed by atoms with Gasteiger partial charge in [-0.25, -0.2) is 9.18 Å². The summed E-state index contributed by atoms with van der Waals surface area (Å²) < 4.78 is 46.3. The van der Waals surface area contributed by atoms with Gasteiger partial charge in [0.1, 0.15) is 5.82 Å². The minimum atomic E-state index is -5.08. The van der Waals surface area contributed by atoms with Crippen LogP contribution in [0.2, 0.25) is 0 Å². The van der Waals surface area contributed by atoms with Crippen LogP contribution in [0, 0.1) is 12.7 Å². The zero-order valence-electron chi connectivity index (χ0n) is 18.0. The Morgan fingerprint density at radius 2 is 1.73 bits per heavy atom. The van der Waals surface area contributed by atoms with Crippen molar-refractivity contribution in [1.29, 1.82) is 0 Å². The summed E-state index contributed by atoms with van der Waals surface area (Å²) in [4.78, 5) is 26.2. The number of amides is 1. The van der Waals surface area contributed by atoms with Crippen molar-refractivity contribution in [1.82, 2.24) is 4.90 Å². The lowest BCUT2D eigenvalue weighted by Crippen LogP contribution is -2.29. The maximum Gasteiger partial charge on any atom is 0.490 e. The minimum absolute atomic E-state index is 0.247. The highest BCUT2D eigenvalue weighted by molar-refractivity contribution is 9.10. The average Bonchev–Trinajstić information content (AvgIpc) is 2.94. The summed E-state index contributed by atoms with van der Waals surface area (Å²) in [5, 5.41) is 9.90. The van der Waals surface area contributed by atoms with E-state index in [2.05, 4.69) is 38.1 Å². The number of hydrogen-bond donors (Lipinski definition) is 2. The number of aliphatic carboxylic acids is 1. The number of aryl methyl sites for hydroxylation is 1. The van der Waals surface area contributed by atoms with E-state index in [9.17, 15) is 22.4 Å². The number of carbonyl (C=O) groups excluding carboxylic acids is 1. The Morgan fingerprint density at radius 3 is 2.33 bits per heavy atom. The molecule has 2 N–H and O–H groups in total. The van der Waals surface area contributed by atoms with Crippen molar-refractivity contribution in [3.05, 3.63) is 57.8 Å². The van der Waals surface area contributed by atoms with Crippen LogP contribution < -0.4 is 10.2 Å². The van der Waals surface area contributed by atoms with Crippen LogP contribution in [0.25, 0.3) is 0 Å². The maximum atomic E-state index is 13.7. The molecule has 0 spiro atoms. The number of alkyl halides is 3. The minimum Gasteiger partial charge on any atom is -0.475 e. The standard InChI is InChI=1S/C20H23BrFN3O.C2HF3O2/c1-14-4-5-17(13-19(14)22)23-20(26)15-10-16(21)12-18(11-15)25-7-3-6-24(2)8-9-25;3-2(4,5)1(6)7/h4-5,10-13H,3,6-9H2,1-2H3,(H,23,26);(H,6,7). The molecular formula is C22H24BrF4N3O3. The smallest absolute Gasteiger partial charge is 0.475 e. The monoisotopic (exact) mass is 533 g/mol. The fourth-order valence-electron chi connectivity index (χ4n) is 3.07. The van der Waals surface area contributed by atoms with Gasteiger partial charge in [0.25, 0.3) is 5.91 Å². The summed E-state index contributed by atoms with van der Waals surface area (Å²) >= 11 is 3.51. The number of likely N-dealkylation sites (N-methyl/N-ethyl adjacent to an activating group) is 1. The lowest BCUT2D eigenvalue weighted by molar-refractivity contribution is -0.192. The lowest BCUT2D eigenvalue weighted by atomic mass is 10.1. The predicted octanol–water partition coefficient (Wildman–Crippen LogP) is 4.92. The number of carboxylic acid groups (broad SMARTS) is 1. The van der Waals surface area contributed by atoms with Gasteiger partial charge in [-0.3, -0.25) is 4.79 Å². The molecule has 33 heavy (non-hydrogen) atoms. The van der Waals surface area contributed by atoms with Crippen molar-refractivity contribution in [3.63, 3.8) is 0 Å². The van der Waals surface area contributed by atoms with E-state index in [4.69, 9.17) is 9.90 Å². The first-order valence-corrected chi connectivity index (χ1v) is 10.8. The molecule has 3 rings (SSSR count). The van der Waals surface area contributed by atoms with Gasteiger partial charge in [0.15, 0.2) is 0 Å². The number of benzene rings is 2. The van der Waals surface area contributed by atoms with Crippen LogP contribution in [0.3, 0.4) is 0 Å². The Labute approximate surface area is 197 Å². The molecule has 0 atom stereocenters. The normalized spacial score (nSPS) is 14.7. The number of anilines is 2. The number of carboxylic acids is 1. The lowest BCUT2D eigenvalue weighted by Gasteiger charge is -2.23. The second-order valence-electron chi connectivity index (χ2n) is 7.56. The molecule has 0 aromatic heterocycles. The average molecular weight is 534 g/mol. The van der Waals surface area contributed by atoms with Crippen molar-refractivity contribution >= 4 is 39.2 Å². The zero-order valence-corrected chi connectivity index (χ0v) is 19.6. The number of nitrogens with one attached hydrogen (secondary N) is 1. The molecule has 0 aliphatic carbocycles. The SMILES string of the molecule is Cc1ccc(NC(=O)c2cc(Br)cc(N3CCCN(C)CC3)c2)cc1F.O=C(O)C(F)(F)F. The van der Waals surface area contributed by atoms with E-state index in [1.54, 1.807) is 25.1 Å². The molecular weight excluding hydrogens is 510 g/mol. The van der Waals surface area contributed by atoms with Gasteiger partial charge in [-0.1, -0.05) is 22.0 Å². The second-order valence-corrected chi connectivity index (χ2v) is 8.48. The molecule has 0 bridgehead atoms. The molecule has 1 saturated heterocycles. The summed E-state index contributed by atoms with van der Waals surface area (Å²) in [6.45, 7) is 5.66. The highest BCUT2D eigenvalue weighted by Crippen LogP contribution is 2.25. The molecule has 1 aliphatic heterocycles. The molecule has 180 valence electrons. The number of nitrogens with zero attached hydrogens (tertiary/aromatic N) is 2. The number of halogens is 5. The van der Waals surface area contributed by atoms with E-state index in [0.717, 1.165) is 42.8 Å². The van der Waals surface area contributed by atoms with E-state index >= 15 is 0 Å². The first-order chi connectivity index (χ1) is 15.4. The molecule has 11 heteroatoms. The van der Waals surface area contributed by atoms with Gasteiger partial charge < -0.3 is 20.2 Å². The number of hydrogen-bond acceptors (Lipinski definition) is 4. The molecule has 0 radical (unpaired) electrons. The molecule has 2 aromatic carbocycles. The van der Waals surface area contributed by atoms with Crippen LogP contribution in [-0.4, -0.2) is 61.3 Å². The van der Waals surface area contributed by atoms with Crippen LogP contribution in [-0.2, 0) is 4.79 Å². The van der Waals surface area contributed by atoms with Crippen LogP contribution in [0.1, 0.15) is 22.3 Å². The zero-order chi connectivity index (χ0) is 24.8. The van der Waals surface area contributed by atoms with Crippen molar-refractivity contribution in [2.75, 3.05) is 43.4 Å². The molecule has 1 heterocycles. The predicted molar refractivity (Wildman–Crippen MR) is 121 cm³/mol. The quantitative estimate of drug-likeness (QED) is 0.547. The highest BCUT2D eigenvalue weighted by Gasteiger charge is 2.38. The molecule has 1 amide bonds. The summed E-state index contributed by atoms with van der Waals surface area (Å²) in [5.41, 5.74) is 2.58. The van der Waals surface area contributed by atoms with Crippen LogP contribution >= 0.6 is 15.9 Å². The molecule has 1 fully saturated rings. The Hall–Kier alpha value is -2.66. The number of rotatable bonds is 3. The van der Waals surface area contributed by atoms with Gasteiger partial charge in [0.2, 0.25) is 0 Å². The number of carbonyl (C=O) groups is 2. The van der Waals surface area contributed by atoms with Gasteiger partial charge in [-0.2, -0.15) is 13.2 Å².